The number of ether oxygens (including phenoxy) is 1. The number of para-hydroxylation sites is 1. The zero-order chi connectivity index (χ0) is 16.5. The number of rotatable bonds is 3. The topological polar surface area (TPSA) is 12.5 Å². The molecule has 0 radical (unpaired) electrons. The van der Waals surface area contributed by atoms with Crippen LogP contribution in [0.2, 0.25) is 0 Å². The fourth-order valence-corrected chi connectivity index (χ4v) is 4.05. The first-order valence-corrected chi connectivity index (χ1v) is 9.09. The zero-order valence-corrected chi connectivity index (χ0v) is 14.9. The lowest BCUT2D eigenvalue weighted by atomic mass is 10.2. The molecular weight excluding hydrogens is 334 g/mol. The molecule has 0 spiro atoms. The van der Waals surface area contributed by atoms with Crippen LogP contribution in [-0.2, 0) is 0 Å². The molecule has 0 amide bonds. The molecule has 1 aliphatic heterocycles. The lowest BCUT2D eigenvalue weighted by Crippen LogP contribution is -2.27. The number of fused-ring (bicyclic) bond motifs is 1. The number of nitrogens with zero attached hydrogens (tertiary/aromatic N) is 1. The van der Waals surface area contributed by atoms with E-state index < -0.39 is 0 Å². The maximum Gasteiger partial charge on any atom is 0.173 e. The first kappa shape index (κ1) is 15.5. The van der Waals surface area contributed by atoms with Crippen LogP contribution in [0.25, 0.3) is 0 Å². The van der Waals surface area contributed by atoms with Crippen LogP contribution in [0.4, 0.5) is 11.4 Å². The maximum absolute atomic E-state index is 5.95. The van der Waals surface area contributed by atoms with E-state index in [2.05, 4.69) is 73.0 Å². The molecule has 1 aliphatic rings. The predicted octanol–water partition coefficient (Wildman–Crippen LogP) is 6.00. The molecule has 4 heteroatoms. The largest absolute Gasteiger partial charge is 0.468 e. The summed E-state index contributed by atoms with van der Waals surface area (Å²) in [7, 11) is 0. The van der Waals surface area contributed by atoms with E-state index >= 15 is 0 Å². The van der Waals surface area contributed by atoms with Gasteiger partial charge in [0.2, 0.25) is 0 Å². The van der Waals surface area contributed by atoms with E-state index in [1.54, 1.807) is 11.8 Å². The molecule has 3 aromatic rings. The van der Waals surface area contributed by atoms with Gasteiger partial charge in [-0.3, -0.25) is 0 Å². The van der Waals surface area contributed by atoms with Gasteiger partial charge in [0.15, 0.2) is 6.23 Å². The molecule has 24 heavy (non-hydrogen) atoms. The Labute approximate surface area is 151 Å². The third-order valence-corrected chi connectivity index (χ3v) is 5.35. The summed E-state index contributed by atoms with van der Waals surface area (Å²) in [4.78, 5) is 5.58. The van der Waals surface area contributed by atoms with Crippen LogP contribution in [0.5, 0.6) is 5.75 Å². The number of thiol groups is 1. The Hall–Kier alpha value is -2.04. The van der Waals surface area contributed by atoms with Gasteiger partial charge in [-0.25, -0.2) is 0 Å². The number of benzene rings is 3. The Kier molecular flexibility index (Phi) is 4.17. The van der Waals surface area contributed by atoms with E-state index in [1.807, 2.05) is 24.3 Å². The first-order valence-electron chi connectivity index (χ1n) is 7.83. The van der Waals surface area contributed by atoms with Crippen molar-refractivity contribution < 1.29 is 4.74 Å². The summed E-state index contributed by atoms with van der Waals surface area (Å²) >= 11 is 6.36. The Balaban J connectivity index is 1.62. The van der Waals surface area contributed by atoms with Gasteiger partial charge in [0.1, 0.15) is 11.4 Å². The highest BCUT2D eigenvalue weighted by molar-refractivity contribution is 7.99. The molecule has 120 valence electrons. The van der Waals surface area contributed by atoms with Crippen molar-refractivity contribution in [2.24, 2.45) is 0 Å². The van der Waals surface area contributed by atoms with E-state index in [0.29, 0.717) is 0 Å². The van der Waals surface area contributed by atoms with Gasteiger partial charge < -0.3 is 9.64 Å². The smallest absolute Gasteiger partial charge is 0.173 e. The first-order chi connectivity index (χ1) is 11.7. The van der Waals surface area contributed by atoms with Crippen LogP contribution in [-0.4, -0.2) is 6.23 Å². The Morgan fingerprint density at radius 2 is 1.58 bits per heavy atom. The molecule has 1 unspecified atom stereocenters. The Morgan fingerprint density at radius 1 is 0.875 bits per heavy atom. The molecule has 0 aliphatic carbocycles. The second-order valence-corrected chi connectivity index (χ2v) is 7.25. The Morgan fingerprint density at radius 3 is 2.33 bits per heavy atom. The minimum atomic E-state index is -0.0408. The number of hydrogen-bond donors (Lipinski definition) is 1. The van der Waals surface area contributed by atoms with Gasteiger partial charge >= 0.3 is 0 Å². The van der Waals surface area contributed by atoms with Crippen LogP contribution < -0.4 is 9.64 Å². The van der Waals surface area contributed by atoms with Gasteiger partial charge in [-0.05, 0) is 55.5 Å². The van der Waals surface area contributed by atoms with Gasteiger partial charge in [-0.15, -0.1) is 12.6 Å². The van der Waals surface area contributed by atoms with Crippen molar-refractivity contribution >= 4 is 35.8 Å². The van der Waals surface area contributed by atoms with Gasteiger partial charge in [0, 0.05) is 20.4 Å². The number of hydrogen-bond acceptors (Lipinski definition) is 4. The SMILES string of the molecule is CC1Oc2cccc(S)c2N1c1ccc(Sc2ccccc2)cc1. The van der Waals surface area contributed by atoms with Crippen molar-refractivity contribution in [1.29, 1.82) is 0 Å². The van der Waals surface area contributed by atoms with E-state index in [9.17, 15) is 0 Å². The minimum absolute atomic E-state index is 0.0408. The van der Waals surface area contributed by atoms with Crippen molar-refractivity contribution in [2.45, 2.75) is 27.8 Å². The summed E-state index contributed by atoms with van der Waals surface area (Å²) in [5, 5.41) is 0. The van der Waals surface area contributed by atoms with Crippen LogP contribution >= 0.6 is 24.4 Å². The van der Waals surface area contributed by atoms with E-state index in [-0.39, 0.29) is 6.23 Å². The molecule has 4 rings (SSSR count). The highest BCUT2D eigenvalue weighted by Crippen LogP contribution is 2.45. The molecule has 0 saturated heterocycles. The molecule has 0 aromatic heterocycles. The maximum atomic E-state index is 5.95. The summed E-state index contributed by atoms with van der Waals surface area (Å²) in [5.74, 6) is 0.887. The molecule has 0 N–H and O–H groups in total. The summed E-state index contributed by atoms with van der Waals surface area (Å²) in [6, 6.07) is 24.9. The quantitative estimate of drug-likeness (QED) is 0.581. The third-order valence-electron chi connectivity index (χ3n) is 3.97. The van der Waals surface area contributed by atoms with Crippen LogP contribution in [0.15, 0.2) is 87.5 Å². The zero-order valence-electron chi connectivity index (χ0n) is 13.2. The van der Waals surface area contributed by atoms with Crippen LogP contribution in [0, 0.1) is 0 Å². The second-order valence-electron chi connectivity index (χ2n) is 5.62. The van der Waals surface area contributed by atoms with E-state index in [4.69, 9.17) is 4.74 Å². The minimum Gasteiger partial charge on any atom is -0.468 e. The van der Waals surface area contributed by atoms with Gasteiger partial charge in [-0.1, -0.05) is 36.0 Å². The highest BCUT2D eigenvalue weighted by atomic mass is 32.2. The van der Waals surface area contributed by atoms with Crippen molar-refractivity contribution in [3.05, 3.63) is 72.8 Å². The molecule has 0 saturated carbocycles. The fraction of sp³-hybridized carbons (Fsp3) is 0.100. The molecule has 3 aromatic carbocycles. The van der Waals surface area contributed by atoms with Crippen molar-refractivity contribution in [3.8, 4) is 5.75 Å². The van der Waals surface area contributed by atoms with E-state index in [0.717, 1.165) is 22.0 Å². The molecular formula is C20H17NOS2. The van der Waals surface area contributed by atoms with Crippen molar-refractivity contribution in [2.75, 3.05) is 4.90 Å². The molecule has 0 fully saturated rings. The predicted molar refractivity (Wildman–Crippen MR) is 103 cm³/mol. The summed E-state index contributed by atoms with van der Waals surface area (Å²) < 4.78 is 5.95. The standard InChI is InChI=1S/C20H17NOS2/c1-14-21(20-18(22-14)8-5-9-19(20)23)15-10-12-17(13-11-15)24-16-6-3-2-4-7-16/h2-14,23H,1H3. The second kappa shape index (κ2) is 6.46. The molecule has 2 nitrogen and oxygen atoms in total. The van der Waals surface area contributed by atoms with Gasteiger partial charge in [0.25, 0.3) is 0 Å². The lowest BCUT2D eigenvalue weighted by Gasteiger charge is -2.23. The third kappa shape index (κ3) is 2.87. The summed E-state index contributed by atoms with van der Waals surface area (Å²) in [6.07, 6.45) is -0.0408. The fourth-order valence-electron chi connectivity index (χ4n) is 2.90. The van der Waals surface area contributed by atoms with E-state index in [1.165, 1.54) is 9.79 Å². The average Bonchev–Trinajstić information content (AvgIpc) is 2.94. The Bertz CT molecular complexity index is 849. The van der Waals surface area contributed by atoms with Crippen molar-refractivity contribution in [1.82, 2.24) is 0 Å². The average molecular weight is 351 g/mol. The molecule has 0 bridgehead atoms. The normalized spacial score (nSPS) is 15.9. The number of anilines is 2. The highest BCUT2D eigenvalue weighted by Gasteiger charge is 2.30. The monoisotopic (exact) mass is 351 g/mol. The van der Waals surface area contributed by atoms with Gasteiger partial charge in [-0.2, -0.15) is 0 Å². The molecule has 1 atom stereocenters. The summed E-state index contributed by atoms with van der Waals surface area (Å²) in [5.41, 5.74) is 2.15. The summed E-state index contributed by atoms with van der Waals surface area (Å²) in [6.45, 7) is 2.06. The van der Waals surface area contributed by atoms with Crippen LogP contribution in [0.1, 0.15) is 6.92 Å². The van der Waals surface area contributed by atoms with Crippen LogP contribution in [0.3, 0.4) is 0 Å². The molecule has 1 heterocycles. The van der Waals surface area contributed by atoms with Crippen molar-refractivity contribution in [3.63, 3.8) is 0 Å². The lowest BCUT2D eigenvalue weighted by molar-refractivity contribution is 0.256. The van der Waals surface area contributed by atoms with Gasteiger partial charge in [0.05, 0.1) is 0 Å².